The van der Waals surface area contributed by atoms with Crippen LogP contribution >= 0.6 is 0 Å². The third-order valence-electron chi connectivity index (χ3n) is 2.17. The number of hydrogen-bond acceptors (Lipinski definition) is 2. The number of halogens is 2. The highest BCUT2D eigenvalue weighted by Gasteiger charge is 2.16. The zero-order valence-electron chi connectivity index (χ0n) is 7.74. The molecule has 0 aliphatic heterocycles. The Bertz CT molecular complexity index is 295. The second-order valence-corrected chi connectivity index (χ2v) is 3.24. The lowest BCUT2D eigenvalue weighted by Gasteiger charge is -2.16. The summed E-state index contributed by atoms with van der Waals surface area (Å²) in [4.78, 5) is 0. The van der Waals surface area contributed by atoms with Crippen molar-refractivity contribution in [3.63, 3.8) is 0 Å². The van der Waals surface area contributed by atoms with E-state index >= 15 is 0 Å². The lowest BCUT2D eigenvalue weighted by atomic mass is 9.95. The Kier molecular flexibility index (Phi) is 3.55. The average molecular weight is 202 g/mol. The van der Waals surface area contributed by atoms with E-state index in [2.05, 4.69) is 0 Å². The Hall–Kier alpha value is -1.00. The fourth-order valence-corrected chi connectivity index (χ4v) is 1.22. The van der Waals surface area contributed by atoms with Crippen LogP contribution in [0, 0.1) is 11.6 Å². The second-order valence-electron chi connectivity index (χ2n) is 3.24. The molecule has 0 aromatic heterocycles. The predicted molar refractivity (Wildman–Crippen MR) is 47.9 cm³/mol. The monoisotopic (exact) mass is 202 g/mol. The average Bonchev–Trinajstić information content (AvgIpc) is 2.14. The lowest BCUT2D eigenvalue weighted by molar-refractivity contribution is 0.0771. The minimum absolute atomic E-state index is 0.337. The first-order valence-corrected chi connectivity index (χ1v) is 4.29. The fourth-order valence-electron chi connectivity index (χ4n) is 1.22. The highest BCUT2D eigenvalue weighted by molar-refractivity contribution is 5.22. The summed E-state index contributed by atoms with van der Waals surface area (Å²) in [5.41, 5.74) is 0.337. The van der Waals surface area contributed by atoms with Gasteiger partial charge in [0.15, 0.2) is 0 Å². The minimum atomic E-state index is -1.00. The molecule has 78 valence electrons. The molecule has 2 nitrogen and oxygen atoms in total. The van der Waals surface area contributed by atoms with Crippen molar-refractivity contribution in [1.82, 2.24) is 0 Å². The molecule has 0 heterocycles. The van der Waals surface area contributed by atoms with Crippen molar-refractivity contribution in [3.8, 4) is 0 Å². The van der Waals surface area contributed by atoms with Gasteiger partial charge in [0.2, 0.25) is 0 Å². The van der Waals surface area contributed by atoms with Crippen LogP contribution in [0.3, 0.4) is 0 Å². The molecule has 14 heavy (non-hydrogen) atoms. The quantitative estimate of drug-likeness (QED) is 0.778. The molecule has 2 N–H and O–H groups in total. The van der Waals surface area contributed by atoms with Crippen LogP contribution in [0.1, 0.15) is 18.4 Å². The summed E-state index contributed by atoms with van der Waals surface area (Å²) in [5.74, 6) is -1.86. The first-order valence-electron chi connectivity index (χ1n) is 4.29. The van der Waals surface area contributed by atoms with Gasteiger partial charge in [-0.3, -0.25) is 0 Å². The highest BCUT2D eigenvalue weighted by atomic mass is 19.1. The van der Waals surface area contributed by atoms with Gasteiger partial charge in [0.05, 0.1) is 12.7 Å². The molecule has 2 atom stereocenters. The molecule has 2 unspecified atom stereocenters. The normalized spacial score (nSPS) is 15.2. The van der Waals surface area contributed by atoms with E-state index in [1.165, 1.54) is 0 Å². The number of rotatable bonds is 3. The smallest absolute Gasteiger partial charge is 0.126 e. The second kappa shape index (κ2) is 4.48. The SMILES string of the molecule is CC(c1cc(F)cc(F)c1)C(O)CO. The Morgan fingerprint density at radius 2 is 1.71 bits per heavy atom. The molecule has 0 saturated heterocycles. The van der Waals surface area contributed by atoms with Crippen LogP contribution in [-0.4, -0.2) is 22.9 Å². The van der Waals surface area contributed by atoms with Crippen molar-refractivity contribution in [2.45, 2.75) is 18.9 Å². The van der Waals surface area contributed by atoms with Gasteiger partial charge in [-0.15, -0.1) is 0 Å². The van der Waals surface area contributed by atoms with Crippen LogP contribution in [0.5, 0.6) is 0 Å². The predicted octanol–water partition coefficient (Wildman–Crippen LogP) is 1.42. The summed E-state index contributed by atoms with van der Waals surface area (Å²) in [7, 11) is 0. The van der Waals surface area contributed by atoms with Gasteiger partial charge >= 0.3 is 0 Å². The van der Waals surface area contributed by atoms with Crippen LogP contribution in [0.4, 0.5) is 8.78 Å². The standard InChI is InChI=1S/C10H12F2O2/c1-6(10(14)5-13)7-2-8(11)4-9(12)3-7/h2-4,6,10,13-14H,5H2,1H3. The largest absolute Gasteiger partial charge is 0.394 e. The third kappa shape index (κ3) is 2.49. The Balaban J connectivity index is 2.94. The Morgan fingerprint density at radius 3 is 2.14 bits per heavy atom. The van der Waals surface area contributed by atoms with Gasteiger partial charge in [-0.05, 0) is 17.7 Å². The third-order valence-corrected chi connectivity index (χ3v) is 2.17. The van der Waals surface area contributed by atoms with E-state index in [-0.39, 0.29) is 0 Å². The van der Waals surface area contributed by atoms with Gasteiger partial charge in [0.1, 0.15) is 11.6 Å². The van der Waals surface area contributed by atoms with E-state index in [4.69, 9.17) is 5.11 Å². The Labute approximate surface area is 80.8 Å². The number of benzene rings is 1. The van der Waals surface area contributed by atoms with Crippen molar-refractivity contribution >= 4 is 0 Å². The van der Waals surface area contributed by atoms with Crippen LogP contribution in [0.15, 0.2) is 18.2 Å². The molecule has 0 fully saturated rings. The molecule has 0 spiro atoms. The number of hydrogen-bond donors (Lipinski definition) is 2. The topological polar surface area (TPSA) is 40.5 Å². The first kappa shape index (κ1) is 11.1. The van der Waals surface area contributed by atoms with Crippen molar-refractivity contribution in [2.75, 3.05) is 6.61 Å². The van der Waals surface area contributed by atoms with Gasteiger partial charge in [-0.2, -0.15) is 0 Å². The summed E-state index contributed by atoms with van der Waals surface area (Å²) in [6, 6.07) is 3.06. The fraction of sp³-hybridized carbons (Fsp3) is 0.400. The van der Waals surface area contributed by atoms with Gasteiger partial charge in [0, 0.05) is 12.0 Å². The molecular formula is C10H12F2O2. The zero-order chi connectivity index (χ0) is 10.7. The molecular weight excluding hydrogens is 190 g/mol. The number of aliphatic hydroxyl groups is 2. The van der Waals surface area contributed by atoms with E-state index in [0.717, 1.165) is 18.2 Å². The molecule has 1 aromatic rings. The summed E-state index contributed by atoms with van der Waals surface area (Å²) in [5, 5.41) is 17.9. The van der Waals surface area contributed by atoms with Crippen LogP contribution < -0.4 is 0 Å². The van der Waals surface area contributed by atoms with Crippen molar-refractivity contribution in [2.24, 2.45) is 0 Å². The lowest BCUT2D eigenvalue weighted by Crippen LogP contribution is -2.20. The minimum Gasteiger partial charge on any atom is -0.394 e. The Morgan fingerprint density at radius 1 is 1.21 bits per heavy atom. The van der Waals surface area contributed by atoms with Gasteiger partial charge in [-0.25, -0.2) is 8.78 Å². The van der Waals surface area contributed by atoms with Crippen LogP contribution in [0.2, 0.25) is 0 Å². The van der Waals surface area contributed by atoms with Gasteiger partial charge in [-0.1, -0.05) is 6.92 Å². The maximum absolute atomic E-state index is 12.8. The van der Waals surface area contributed by atoms with E-state index < -0.39 is 30.3 Å². The maximum atomic E-state index is 12.8. The molecule has 4 heteroatoms. The summed E-state index contributed by atoms with van der Waals surface area (Å²) in [6.07, 6.45) is -1.00. The molecule has 0 radical (unpaired) electrons. The molecule has 0 bridgehead atoms. The van der Waals surface area contributed by atoms with Crippen molar-refractivity contribution in [1.29, 1.82) is 0 Å². The van der Waals surface area contributed by atoms with Gasteiger partial charge in [0.25, 0.3) is 0 Å². The van der Waals surface area contributed by atoms with E-state index in [1.807, 2.05) is 0 Å². The summed E-state index contributed by atoms with van der Waals surface area (Å²) >= 11 is 0. The number of aliphatic hydroxyl groups excluding tert-OH is 2. The van der Waals surface area contributed by atoms with Crippen LogP contribution in [-0.2, 0) is 0 Å². The first-order chi connectivity index (χ1) is 6.54. The summed E-state index contributed by atoms with van der Waals surface area (Å²) in [6.45, 7) is 1.16. The van der Waals surface area contributed by atoms with Crippen molar-refractivity contribution < 1.29 is 19.0 Å². The maximum Gasteiger partial charge on any atom is 0.126 e. The molecule has 0 amide bonds. The molecule has 0 aliphatic carbocycles. The van der Waals surface area contributed by atoms with Gasteiger partial charge < -0.3 is 10.2 Å². The summed E-state index contributed by atoms with van der Waals surface area (Å²) < 4.78 is 25.5. The highest BCUT2D eigenvalue weighted by Crippen LogP contribution is 2.21. The zero-order valence-corrected chi connectivity index (χ0v) is 7.74. The van der Waals surface area contributed by atoms with E-state index in [1.54, 1.807) is 6.92 Å². The van der Waals surface area contributed by atoms with Crippen molar-refractivity contribution in [3.05, 3.63) is 35.4 Å². The molecule has 0 aliphatic rings. The van der Waals surface area contributed by atoms with Crippen LogP contribution in [0.25, 0.3) is 0 Å². The molecule has 0 saturated carbocycles. The van der Waals surface area contributed by atoms with E-state index in [9.17, 15) is 13.9 Å². The molecule has 1 rings (SSSR count). The molecule has 1 aromatic carbocycles. The van der Waals surface area contributed by atoms with E-state index in [0.29, 0.717) is 5.56 Å².